The Morgan fingerprint density at radius 2 is 1.32 bits per heavy atom. The van der Waals surface area contributed by atoms with Crippen LogP contribution < -0.4 is 0 Å². The van der Waals surface area contributed by atoms with Crippen LogP contribution in [0.25, 0.3) is 6.08 Å². The standard InChI is InChI=1S/C36H46Cl2/c1-2-25-23-36(38)34(32-16-8-12-27-10-4-6-14-30(27)32)22-28(25)19-17-24-18-20-35(37)33(21-24)31-15-7-11-26-9-3-5-13-29(26)31/h2,17-23,25-32H,1,3-16H2/b19-17-. The molecule has 0 aliphatic heterocycles. The summed E-state index contributed by atoms with van der Waals surface area (Å²) in [6, 6.07) is 6.77. The molecule has 1 aromatic carbocycles. The summed E-state index contributed by atoms with van der Waals surface area (Å²) in [5, 5.41) is 1.96. The van der Waals surface area contributed by atoms with Crippen LogP contribution in [0.15, 0.2) is 59.7 Å². The summed E-state index contributed by atoms with van der Waals surface area (Å²) in [6.07, 6.45) is 31.1. The van der Waals surface area contributed by atoms with E-state index in [9.17, 15) is 0 Å². The normalized spacial score (nSPS) is 37.6. The van der Waals surface area contributed by atoms with Gasteiger partial charge in [0.2, 0.25) is 0 Å². The first-order chi connectivity index (χ1) is 18.6. The van der Waals surface area contributed by atoms with Crippen LogP contribution >= 0.6 is 23.2 Å². The van der Waals surface area contributed by atoms with E-state index in [-0.39, 0.29) is 5.92 Å². The zero-order valence-corrected chi connectivity index (χ0v) is 24.6. The monoisotopic (exact) mass is 548 g/mol. The lowest BCUT2D eigenvalue weighted by molar-refractivity contribution is 0.124. The van der Waals surface area contributed by atoms with Crippen molar-refractivity contribution < 1.29 is 0 Å². The molecule has 5 aliphatic carbocycles. The molecule has 0 nitrogen and oxygen atoms in total. The first-order valence-electron chi connectivity index (χ1n) is 15.8. The van der Waals surface area contributed by atoms with Crippen molar-refractivity contribution in [2.45, 2.75) is 95.8 Å². The van der Waals surface area contributed by atoms with Crippen molar-refractivity contribution in [1.82, 2.24) is 0 Å². The van der Waals surface area contributed by atoms with Gasteiger partial charge in [0.25, 0.3) is 0 Å². The predicted octanol–water partition coefficient (Wildman–Crippen LogP) is 11.5. The lowest BCUT2D eigenvalue weighted by Crippen LogP contribution is -2.33. The second kappa shape index (κ2) is 12.1. The van der Waals surface area contributed by atoms with Crippen LogP contribution in [-0.4, -0.2) is 0 Å². The summed E-state index contributed by atoms with van der Waals surface area (Å²) in [6.45, 7) is 4.17. The third-order valence-electron chi connectivity index (χ3n) is 11.2. The molecule has 6 rings (SSSR count). The molecule has 4 fully saturated rings. The van der Waals surface area contributed by atoms with E-state index in [4.69, 9.17) is 23.2 Å². The highest BCUT2D eigenvalue weighted by molar-refractivity contribution is 6.32. The molecule has 0 amide bonds. The van der Waals surface area contributed by atoms with Crippen molar-refractivity contribution in [1.29, 1.82) is 0 Å². The van der Waals surface area contributed by atoms with Gasteiger partial charge in [-0.1, -0.05) is 124 Å². The van der Waals surface area contributed by atoms with Crippen molar-refractivity contribution in [3.63, 3.8) is 0 Å². The summed E-state index contributed by atoms with van der Waals surface area (Å²) >= 11 is 13.9. The Morgan fingerprint density at radius 3 is 2.03 bits per heavy atom. The van der Waals surface area contributed by atoms with Gasteiger partial charge < -0.3 is 0 Å². The zero-order valence-electron chi connectivity index (χ0n) is 23.1. The Hall–Kier alpha value is -1.24. The lowest BCUT2D eigenvalue weighted by Gasteiger charge is -2.43. The number of halogens is 2. The zero-order chi connectivity index (χ0) is 26.1. The van der Waals surface area contributed by atoms with Crippen molar-refractivity contribution in [3.05, 3.63) is 75.8 Å². The van der Waals surface area contributed by atoms with Gasteiger partial charge in [-0.25, -0.2) is 0 Å². The maximum atomic E-state index is 6.99. The largest absolute Gasteiger partial charge is 0.102 e. The molecule has 1 aromatic rings. The number of allylic oxidation sites excluding steroid dienone is 6. The third kappa shape index (κ3) is 5.51. The Labute approximate surface area is 241 Å². The summed E-state index contributed by atoms with van der Waals surface area (Å²) in [4.78, 5) is 0. The molecular weight excluding hydrogens is 503 g/mol. The molecule has 0 spiro atoms. The van der Waals surface area contributed by atoms with Crippen LogP contribution in [0.2, 0.25) is 5.02 Å². The van der Waals surface area contributed by atoms with E-state index in [1.165, 1.54) is 107 Å². The van der Waals surface area contributed by atoms with Crippen molar-refractivity contribution in [3.8, 4) is 0 Å². The SMILES string of the molecule is C=CC1C=C(Cl)C(C2CCCC3CCCCC32)=CC1/C=C\c1ccc(Cl)c(C2CCCC3CCCCC32)c1. The Balaban J connectivity index is 1.25. The molecule has 8 atom stereocenters. The molecule has 0 N–H and O–H groups in total. The van der Waals surface area contributed by atoms with Gasteiger partial charge in [0, 0.05) is 21.9 Å². The van der Waals surface area contributed by atoms with Crippen molar-refractivity contribution >= 4 is 29.3 Å². The smallest absolute Gasteiger partial charge is 0.0441 e. The van der Waals surface area contributed by atoms with Crippen LogP contribution in [0.3, 0.4) is 0 Å². The molecule has 38 heavy (non-hydrogen) atoms. The molecule has 2 heteroatoms. The first kappa shape index (κ1) is 27.0. The molecule has 0 bridgehead atoms. The van der Waals surface area contributed by atoms with Gasteiger partial charge in [-0.2, -0.15) is 0 Å². The van der Waals surface area contributed by atoms with Gasteiger partial charge in [0.15, 0.2) is 0 Å². The maximum Gasteiger partial charge on any atom is 0.0441 e. The second-order valence-corrected chi connectivity index (χ2v) is 14.0. The molecule has 0 saturated heterocycles. The average molecular weight is 550 g/mol. The quantitative estimate of drug-likeness (QED) is 0.321. The minimum atomic E-state index is 0.251. The molecule has 0 aromatic heterocycles. The van der Waals surface area contributed by atoms with Gasteiger partial charge >= 0.3 is 0 Å². The fourth-order valence-electron chi connectivity index (χ4n) is 9.31. The van der Waals surface area contributed by atoms with Crippen molar-refractivity contribution in [2.24, 2.45) is 41.4 Å². The number of hydrogen-bond donors (Lipinski definition) is 0. The van der Waals surface area contributed by atoms with E-state index in [2.05, 4.69) is 55.2 Å². The highest BCUT2D eigenvalue weighted by Crippen LogP contribution is 2.51. The van der Waals surface area contributed by atoms with Gasteiger partial charge in [-0.05, 0) is 90.0 Å². The Morgan fingerprint density at radius 1 is 0.684 bits per heavy atom. The number of fused-ring (bicyclic) bond motifs is 2. The lowest BCUT2D eigenvalue weighted by atomic mass is 9.62. The molecule has 204 valence electrons. The highest BCUT2D eigenvalue weighted by Gasteiger charge is 2.39. The molecule has 0 radical (unpaired) electrons. The Kier molecular flexibility index (Phi) is 8.58. The van der Waals surface area contributed by atoms with Crippen LogP contribution in [-0.2, 0) is 0 Å². The van der Waals surface area contributed by atoms with Gasteiger partial charge in [0.05, 0.1) is 0 Å². The first-order valence-corrected chi connectivity index (χ1v) is 16.6. The van der Waals surface area contributed by atoms with Crippen LogP contribution in [0, 0.1) is 41.4 Å². The molecule has 8 unspecified atom stereocenters. The van der Waals surface area contributed by atoms with E-state index in [1.54, 1.807) is 0 Å². The summed E-state index contributed by atoms with van der Waals surface area (Å²) in [5.41, 5.74) is 4.11. The fraction of sp³-hybridized carbons (Fsp3) is 0.611. The van der Waals surface area contributed by atoms with Crippen LogP contribution in [0.4, 0.5) is 0 Å². The fourth-order valence-corrected chi connectivity index (χ4v) is 9.91. The summed E-state index contributed by atoms with van der Waals surface area (Å²) < 4.78 is 0. The van der Waals surface area contributed by atoms with E-state index in [0.29, 0.717) is 17.8 Å². The average Bonchev–Trinajstić information content (AvgIpc) is 2.96. The summed E-state index contributed by atoms with van der Waals surface area (Å²) in [5.74, 6) is 5.31. The van der Waals surface area contributed by atoms with E-state index < -0.39 is 0 Å². The minimum absolute atomic E-state index is 0.251. The van der Waals surface area contributed by atoms with Gasteiger partial charge in [-0.3, -0.25) is 0 Å². The number of hydrogen-bond acceptors (Lipinski definition) is 0. The Bertz CT molecular complexity index is 1090. The highest BCUT2D eigenvalue weighted by atomic mass is 35.5. The van der Waals surface area contributed by atoms with E-state index >= 15 is 0 Å². The van der Waals surface area contributed by atoms with E-state index in [1.807, 2.05) is 0 Å². The molecule has 0 heterocycles. The van der Waals surface area contributed by atoms with E-state index in [0.717, 1.165) is 33.7 Å². The predicted molar refractivity (Wildman–Crippen MR) is 165 cm³/mol. The van der Waals surface area contributed by atoms with Gasteiger partial charge in [-0.15, -0.1) is 6.58 Å². The minimum Gasteiger partial charge on any atom is -0.102 e. The molecular formula is C36H46Cl2. The summed E-state index contributed by atoms with van der Waals surface area (Å²) in [7, 11) is 0. The van der Waals surface area contributed by atoms with Crippen molar-refractivity contribution in [2.75, 3.05) is 0 Å². The number of rotatable bonds is 5. The third-order valence-corrected chi connectivity index (χ3v) is 11.9. The van der Waals surface area contributed by atoms with Crippen LogP contribution in [0.5, 0.6) is 0 Å². The number of benzene rings is 1. The molecule has 4 saturated carbocycles. The maximum absolute atomic E-state index is 6.99. The van der Waals surface area contributed by atoms with Gasteiger partial charge in [0.1, 0.15) is 0 Å². The molecule has 5 aliphatic rings. The topological polar surface area (TPSA) is 0 Å². The second-order valence-electron chi connectivity index (χ2n) is 13.2. The van der Waals surface area contributed by atoms with Crippen LogP contribution in [0.1, 0.15) is 107 Å².